The maximum absolute atomic E-state index is 12.0. The molecule has 2 aromatic heterocycles. The van der Waals surface area contributed by atoms with Gasteiger partial charge in [0.1, 0.15) is 17.3 Å². The zero-order valence-electron chi connectivity index (χ0n) is 13.8. The first-order valence-electron chi connectivity index (χ1n) is 7.49. The van der Waals surface area contributed by atoms with Crippen molar-refractivity contribution in [2.75, 3.05) is 24.9 Å². The average molecular weight is 355 g/mol. The van der Waals surface area contributed by atoms with Gasteiger partial charge in [0.15, 0.2) is 0 Å². The molecule has 6 nitrogen and oxygen atoms in total. The molecule has 2 heterocycles. The molecule has 1 aromatic carbocycles. The summed E-state index contributed by atoms with van der Waals surface area (Å²) in [5.41, 5.74) is 1.53. The van der Waals surface area contributed by atoms with Crippen molar-refractivity contribution in [3.05, 3.63) is 58.9 Å². The van der Waals surface area contributed by atoms with Crippen LogP contribution in [-0.4, -0.2) is 25.1 Å². The number of ether oxygens (including phenoxy) is 2. The van der Waals surface area contributed by atoms with Gasteiger partial charge >= 0.3 is 0 Å². The predicted molar refractivity (Wildman–Crippen MR) is 99.3 cm³/mol. The highest BCUT2D eigenvalue weighted by Gasteiger charge is 2.09. The highest BCUT2D eigenvalue weighted by Crippen LogP contribution is 2.31. The molecule has 3 aromatic rings. The van der Waals surface area contributed by atoms with Crippen molar-refractivity contribution < 1.29 is 14.3 Å². The van der Waals surface area contributed by atoms with Crippen LogP contribution in [0.15, 0.2) is 54.0 Å². The van der Waals surface area contributed by atoms with Gasteiger partial charge in [-0.15, -0.1) is 11.3 Å². The molecule has 128 valence electrons. The van der Waals surface area contributed by atoms with E-state index in [2.05, 4.69) is 15.6 Å². The van der Waals surface area contributed by atoms with Crippen LogP contribution in [0.25, 0.3) is 0 Å². The van der Waals surface area contributed by atoms with E-state index in [4.69, 9.17) is 9.47 Å². The van der Waals surface area contributed by atoms with Gasteiger partial charge in [0.2, 0.25) is 0 Å². The summed E-state index contributed by atoms with van der Waals surface area (Å²) in [4.78, 5) is 16.9. The lowest BCUT2D eigenvalue weighted by Gasteiger charge is -2.13. The zero-order chi connectivity index (χ0) is 17.6. The fourth-order valence-electron chi connectivity index (χ4n) is 2.19. The molecular formula is C18H17N3O3S. The van der Waals surface area contributed by atoms with E-state index < -0.39 is 0 Å². The number of carbonyl (C=O) groups is 1. The number of hydrogen-bond acceptors (Lipinski definition) is 6. The second kappa shape index (κ2) is 7.67. The lowest BCUT2D eigenvalue weighted by Crippen LogP contribution is -2.11. The summed E-state index contributed by atoms with van der Waals surface area (Å²) < 4.78 is 10.6. The molecule has 0 aliphatic carbocycles. The Morgan fingerprint density at radius 3 is 2.64 bits per heavy atom. The van der Waals surface area contributed by atoms with Crippen LogP contribution >= 0.6 is 11.3 Å². The van der Waals surface area contributed by atoms with Crippen LogP contribution in [0.5, 0.6) is 11.5 Å². The van der Waals surface area contributed by atoms with E-state index in [-0.39, 0.29) is 5.91 Å². The lowest BCUT2D eigenvalue weighted by molar-refractivity contribution is 0.103. The highest BCUT2D eigenvalue weighted by atomic mass is 32.1. The second-order valence-electron chi connectivity index (χ2n) is 5.05. The molecule has 0 fully saturated rings. The lowest BCUT2D eigenvalue weighted by atomic mass is 10.2. The Bertz CT molecular complexity index is 849. The van der Waals surface area contributed by atoms with Crippen LogP contribution in [0.3, 0.4) is 0 Å². The van der Waals surface area contributed by atoms with Gasteiger partial charge in [-0.25, -0.2) is 4.98 Å². The Balaban J connectivity index is 1.71. The highest BCUT2D eigenvalue weighted by molar-refractivity contribution is 7.12. The maximum Gasteiger partial charge on any atom is 0.266 e. The van der Waals surface area contributed by atoms with Gasteiger partial charge < -0.3 is 20.1 Å². The van der Waals surface area contributed by atoms with Gasteiger partial charge in [-0.05, 0) is 35.7 Å². The number of nitrogens with one attached hydrogen (secondary N) is 2. The summed E-state index contributed by atoms with van der Waals surface area (Å²) in [7, 11) is 3.21. The summed E-state index contributed by atoms with van der Waals surface area (Å²) in [5.74, 6) is 1.73. The van der Waals surface area contributed by atoms with Crippen LogP contribution in [0.4, 0.5) is 17.2 Å². The summed E-state index contributed by atoms with van der Waals surface area (Å²) in [6.07, 6.45) is 1.64. The third-order valence-corrected chi connectivity index (χ3v) is 4.30. The number of rotatable bonds is 6. The second-order valence-corrected chi connectivity index (χ2v) is 6.00. The number of benzene rings is 1. The molecule has 0 atom stereocenters. The number of nitrogens with zero attached hydrogens (tertiary/aromatic N) is 1. The van der Waals surface area contributed by atoms with E-state index in [1.807, 2.05) is 35.7 Å². The minimum atomic E-state index is -0.169. The van der Waals surface area contributed by atoms with E-state index in [0.717, 1.165) is 17.1 Å². The van der Waals surface area contributed by atoms with E-state index in [9.17, 15) is 4.79 Å². The monoisotopic (exact) mass is 355 g/mol. The Hall–Kier alpha value is -3.06. The minimum Gasteiger partial charge on any atom is -0.497 e. The zero-order valence-corrected chi connectivity index (χ0v) is 14.6. The molecule has 0 aliphatic heterocycles. The number of amides is 1. The Morgan fingerprint density at radius 2 is 2.00 bits per heavy atom. The summed E-state index contributed by atoms with van der Waals surface area (Å²) in [6, 6.07) is 12.7. The van der Waals surface area contributed by atoms with Crippen LogP contribution in [0.1, 0.15) is 9.67 Å². The number of anilines is 3. The number of thiophene rings is 1. The van der Waals surface area contributed by atoms with Gasteiger partial charge in [0.25, 0.3) is 5.91 Å². The maximum atomic E-state index is 12.0. The molecule has 0 saturated carbocycles. The molecule has 1 amide bonds. The third kappa shape index (κ3) is 4.07. The molecule has 0 radical (unpaired) electrons. The van der Waals surface area contributed by atoms with E-state index in [0.29, 0.717) is 16.4 Å². The van der Waals surface area contributed by atoms with Crippen molar-refractivity contribution in [3.8, 4) is 11.5 Å². The van der Waals surface area contributed by atoms with Crippen molar-refractivity contribution in [2.24, 2.45) is 0 Å². The molecule has 2 N–H and O–H groups in total. The smallest absolute Gasteiger partial charge is 0.266 e. The van der Waals surface area contributed by atoms with Crippen LogP contribution in [-0.2, 0) is 0 Å². The summed E-state index contributed by atoms with van der Waals surface area (Å²) in [6.45, 7) is 0. The number of pyridine rings is 1. The largest absolute Gasteiger partial charge is 0.497 e. The van der Waals surface area contributed by atoms with Gasteiger partial charge in [-0.1, -0.05) is 6.07 Å². The Morgan fingerprint density at radius 1 is 1.12 bits per heavy atom. The number of carbonyl (C=O) groups excluding carboxylic acids is 1. The quantitative estimate of drug-likeness (QED) is 0.695. The summed E-state index contributed by atoms with van der Waals surface area (Å²) >= 11 is 1.38. The topological polar surface area (TPSA) is 72.5 Å². The molecule has 0 aliphatic rings. The van der Waals surface area contributed by atoms with Crippen molar-refractivity contribution in [1.82, 2.24) is 4.98 Å². The van der Waals surface area contributed by atoms with Crippen molar-refractivity contribution in [2.45, 2.75) is 0 Å². The molecule has 0 unspecified atom stereocenters. The van der Waals surface area contributed by atoms with Crippen molar-refractivity contribution in [1.29, 1.82) is 0 Å². The first kappa shape index (κ1) is 16.8. The Labute approximate surface area is 149 Å². The van der Waals surface area contributed by atoms with Gasteiger partial charge in [-0.2, -0.15) is 0 Å². The first-order chi connectivity index (χ1) is 12.2. The van der Waals surface area contributed by atoms with Gasteiger partial charge in [0, 0.05) is 6.07 Å². The van der Waals surface area contributed by atoms with E-state index in [1.165, 1.54) is 11.3 Å². The number of aromatic nitrogens is 1. The molecule has 7 heteroatoms. The van der Waals surface area contributed by atoms with Gasteiger partial charge in [0.05, 0.1) is 36.7 Å². The summed E-state index contributed by atoms with van der Waals surface area (Å²) in [5, 5.41) is 7.85. The van der Waals surface area contributed by atoms with E-state index in [1.54, 1.807) is 32.5 Å². The van der Waals surface area contributed by atoms with E-state index >= 15 is 0 Å². The number of methoxy groups -OCH3 is 2. The van der Waals surface area contributed by atoms with Crippen LogP contribution in [0, 0.1) is 0 Å². The molecule has 0 saturated heterocycles. The molecular weight excluding hydrogens is 338 g/mol. The normalized spacial score (nSPS) is 10.2. The Kier molecular flexibility index (Phi) is 5.15. The fourth-order valence-corrected chi connectivity index (χ4v) is 2.81. The molecule has 0 bridgehead atoms. The van der Waals surface area contributed by atoms with Crippen LogP contribution < -0.4 is 20.1 Å². The van der Waals surface area contributed by atoms with Crippen molar-refractivity contribution in [3.63, 3.8) is 0 Å². The third-order valence-electron chi connectivity index (χ3n) is 3.44. The van der Waals surface area contributed by atoms with Crippen LogP contribution in [0.2, 0.25) is 0 Å². The number of hydrogen-bond donors (Lipinski definition) is 2. The van der Waals surface area contributed by atoms with Crippen molar-refractivity contribution >= 4 is 34.4 Å². The SMILES string of the molecule is COc1ccc(OC)c(Nc2ccc(NC(=O)c3cccs3)nc2)c1. The van der Waals surface area contributed by atoms with Gasteiger partial charge in [-0.3, -0.25) is 4.79 Å². The standard InChI is InChI=1S/C18H17N3O3S/c1-23-13-6-7-15(24-2)14(10-13)20-12-5-8-17(19-11-12)21-18(22)16-4-3-9-25-16/h3-11,20H,1-2H3,(H,19,21,22). The first-order valence-corrected chi connectivity index (χ1v) is 8.37. The average Bonchev–Trinajstić information content (AvgIpc) is 3.18. The molecule has 25 heavy (non-hydrogen) atoms. The fraction of sp³-hybridized carbons (Fsp3) is 0.111. The predicted octanol–water partition coefficient (Wildman–Crippen LogP) is 4.16. The molecule has 0 spiro atoms. The molecule has 3 rings (SSSR count). The minimum absolute atomic E-state index is 0.169.